The summed E-state index contributed by atoms with van der Waals surface area (Å²) in [5.74, 6) is 0.551. The summed E-state index contributed by atoms with van der Waals surface area (Å²) in [5.41, 5.74) is 1.36. The van der Waals surface area contributed by atoms with Gasteiger partial charge >= 0.3 is 0 Å². The number of rotatable bonds is 3. The Morgan fingerprint density at radius 2 is 2.12 bits per heavy atom. The van der Waals surface area contributed by atoms with E-state index in [1.165, 1.54) is 12.1 Å². The van der Waals surface area contributed by atoms with Gasteiger partial charge in [-0.1, -0.05) is 6.92 Å². The van der Waals surface area contributed by atoms with E-state index in [-0.39, 0.29) is 5.56 Å². The molecule has 2 aliphatic heterocycles. The van der Waals surface area contributed by atoms with Crippen LogP contribution in [0.2, 0.25) is 0 Å². The van der Waals surface area contributed by atoms with Crippen molar-refractivity contribution in [1.29, 1.82) is 0 Å². The zero-order chi connectivity index (χ0) is 21.9. The van der Waals surface area contributed by atoms with Gasteiger partial charge in [-0.3, -0.25) is 9.67 Å². The molecule has 11 heteroatoms. The minimum atomic E-state index is -0.694. The van der Waals surface area contributed by atoms with Crippen molar-refractivity contribution in [2.45, 2.75) is 18.9 Å². The van der Waals surface area contributed by atoms with E-state index in [1.54, 1.807) is 18.7 Å². The summed E-state index contributed by atoms with van der Waals surface area (Å²) < 4.78 is 35.6. The van der Waals surface area contributed by atoms with E-state index in [0.29, 0.717) is 36.8 Å². The summed E-state index contributed by atoms with van der Waals surface area (Å²) in [7, 11) is 0. The predicted octanol–water partition coefficient (Wildman–Crippen LogP) is 2.85. The first-order valence-corrected chi connectivity index (χ1v) is 10.2. The van der Waals surface area contributed by atoms with Gasteiger partial charge in [0.2, 0.25) is 0 Å². The number of ether oxygens (including phenoxy) is 1. The number of hydrogen-bond donors (Lipinski definition) is 1. The molecule has 0 aliphatic carbocycles. The van der Waals surface area contributed by atoms with E-state index in [2.05, 4.69) is 37.2 Å². The smallest absolute Gasteiger partial charge is 0.165 e. The van der Waals surface area contributed by atoms with Gasteiger partial charge in [0.15, 0.2) is 17.5 Å². The second kappa shape index (κ2) is 6.89. The van der Waals surface area contributed by atoms with Crippen molar-refractivity contribution < 1.29 is 13.5 Å². The number of hydrogen-bond acceptors (Lipinski definition) is 7. The number of halogens is 2. The molecule has 4 aromatic rings. The van der Waals surface area contributed by atoms with Crippen molar-refractivity contribution in [2.24, 2.45) is 0 Å². The number of aromatic nitrogens is 7. The van der Waals surface area contributed by atoms with Crippen LogP contribution < -0.4 is 4.90 Å². The fourth-order valence-electron chi connectivity index (χ4n) is 4.58. The van der Waals surface area contributed by atoms with Crippen LogP contribution in [0.1, 0.15) is 19.2 Å². The van der Waals surface area contributed by atoms with Crippen molar-refractivity contribution in [1.82, 2.24) is 34.9 Å². The summed E-state index contributed by atoms with van der Waals surface area (Å²) in [5, 5.41) is 15.4. The standard InChI is InChI=1S/C21H18F2N8O/c1-2-21-10-32-6-5-31(21)19-16(30-11-26-29-20(21)30)9-24-18(27-19)14-8-25-28-17(14)13-4-3-12(22)7-15(13)23/h3-4,7-9,11H,2,5-6,10H2,1H3,(H,25,28)/t21-/m0/s1. The highest BCUT2D eigenvalue weighted by atomic mass is 19.1. The van der Waals surface area contributed by atoms with E-state index >= 15 is 0 Å². The highest BCUT2D eigenvalue weighted by Crippen LogP contribution is 2.44. The lowest BCUT2D eigenvalue weighted by Crippen LogP contribution is -2.58. The van der Waals surface area contributed by atoms with Crippen LogP contribution in [0.15, 0.2) is 36.9 Å². The first-order valence-electron chi connectivity index (χ1n) is 10.2. The van der Waals surface area contributed by atoms with E-state index in [1.807, 2.05) is 4.57 Å². The summed E-state index contributed by atoms with van der Waals surface area (Å²) in [4.78, 5) is 11.6. The molecular weight excluding hydrogens is 418 g/mol. The molecular formula is C21H18F2N8O. The second-order valence-corrected chi connectivity index (χ2v) is 7.80. The fourth-order valence-corrected chi connectivity index (χ4v) is 4.58. The van der Waals surface area contributed by atoms with Gasteiger partial charge in [0, 0.05) is 18.2 Å². The maximum Gasteiger partial charge on any atom is 0.165 e. The van der Waals surface area contributed by atoms with Crippen LogP contribution >= 0.6 is 0 Å². The largest absolute Gasteiger partial charge is 0.377 e. The zero-order valence-electron chi connectivity index (χ0n) is 17.1. The summed E-state index contributed by atoms with van der Waals surface area (Å²) >= 11 is 0. The molecule has 32 heavy (non-hydrogen) atoms. The Labute approximate surface area is 181 Å². The van der Waals surface area contributed by atoms with Crippen LogP contribution in [0.4, 0.5) is 14.6 Å². The molecule has 9 nitrogen and oxygen atoms in total. The third kappa shape index (κ3) is 2.54. The van der Waals surface area contributed by atoms with Crippen LogP contribution in [0.3, 0.4) is 0 Å². The Balaban J connectivity index is 1.52. The van der Waals surface area contributed by atoms with Crippen molar-refractivity contribution in [3.63, 3.8) is 0 Å². The molecule has 1 aromatic carbocycles. The molecule has 1 fully saturated rings. The number of nitrogens with zero attached hydrogens (tertiary/aromatic N) is 7. The van der Waals surface area contributed by atoms with Crippen LogP contribution in [0.25, 0.3) is 28.3 Å². The lowest BCUT2D eigenvalue weighted by molar-refractivity contribution is 0.0391. The predicted molar refractivity (Wildman–Crippen MR) is 110 cm³/mol. The molecule has 0 bridgehead atoms. The van der Waals surface area contributed by atoms with E-state index < -0.39 is 17.2 Å². The number of fused-ring (bicyclic) bond motifs is 6. The second-order valence-electron chi connectivity index (χ2n) is 7.80. The highest BCUT2D eigenvalue weighted by molar-refractivity contribution is 5.78. The normalized spacial score (nSPS) is 19.4. The molecule has 1 N–H and O–H groups in total. The molecule has 6 rings (SSSR count). The van der Waals surface area contributed by atoms with E-state index in [9.17, 15) is 8.78 Å². The Kier molecular flexibility index (Phi) is 4.09. The third-order valence-electron chi connectivity index (χ3n) is 6.21. The lowest BCUT2D eigenvalue weighted by Gasteiger charge is -2.49. The Hall–Kier alpha value is -3.73. The summed E-state index contributed by atoms with van der Waals surface area (Å²) in [6, 6.07) is 3.41. The molecule has 5 heterocycles. The molecule has 0 saturated carbocycles. The Morgan fingerprint density at radius 3 is 2.97 bits per heavy atom. The number of morpholine rings is 1. The third-order valence-corrected chi connectivity index (χ3v) is 6.21. The van der Waals surface area contributed by atoms with Crippen molar-refractivity contribution in [3.8, 4) is 28.3 Å². The van der Waals surface area contributed by atoms with Crippen LogP contribution in [-0.4, -0.2) is 54.7 Å². The summed E-state index contributed by atoms with van der Waals surface area (Å²) in [6.07, 6.45) is 5.65. The number of nitrogens with one attached hydrogen (secondary N) is 1. The molecule has 3 aromatic heterocycles. The highest BCUT2D eigenvalue weighted by Gasteiger charge is 2.48. The SMILES string of the molecule is CC[C@@]12COCCN1c1nc(-c3cn[nH]c3-c3ccc(F)cc3F)ncc1-n1cnnc12. The Morgan fingerprint density at radius 1 is 1.22 bits per heavy atom. The number of H-pyrrole nitrogens is 1. The van der Waals surface area contributed by atoms with Gasteiger partial charge < -0.3 is 9.64 Å². The molecule has 0 radical (unpaired) electrons. The minimum absolute atomic E-state index is 0.190. The quantitative estimate of drug-likeness (QED) is 0.527. The zero-order valence-corrected chi connectivity index (χ0v) is 17.1. The number of benzene rings is 1. The monoisotopic (exact) mass is 436 g/mol. The minimum Gasteiger partial charge on any atom is -0.377 e. The fraction of sp³-hybridized carbons (Fsp3) is 0.286. The first-order chi connectivity index (χ1) is 15.6. The summed E-state index contributed by atoms with van der Waals surface area (Å²) in [6.45, 7) is 3.75. The van der Waals surface area contributed by atoms with Crippen LogP contribution in [0, 0.1) is 11.6 Å². The molecule has 0 spiro atoms. The number of aromatic amines is 1. The molecule has 1 saturated heterocycles. The van der Waals surface area contributed by atoms with Gasteiger partial charge in [0.05, 0.1) is 36.9 Å². The number of anilines is 1. The topological polar surface area (TPSA) is 97.6 Å². The van der Waals surface area contributed by atoms with Gasteiger partial charge in [-0.25, -0.2) is 18.7 Å². The average Bonchev–Trinajstić information content (AvgIpc) is 3.49. The maximum absolute atomic E-state index is 14.5. The van der Waals surface area contributed by atoms with Crippen molar-refractivity contribution >= 4 is 5.82 Å². The van der Waals surface area contributed by atoms with Crippen molar-refractivity contribution in [3.05, 3.63) is 54.4 Å². The van der Waals surface area contributed by atoms with E-state index in [4.69, 9.17) is 9.72 Å². The molecule has 162 valence electrons. The van der Waals surface area contributed by atoms with E-state index in [0.717, 1.165) is 29.8 Å². The van der Waals surface area contributed by atoms with Crippen molar-refractivity contribution in [2.75, 3.05) is 24.7 Å². The Bertz CT molecular complexity index is 1340. The van der Waals surface area contributed by atoms with Gasteiger partial charge in [0.1, 0.15) is 29.2 Å². The average molecular weight is 436 g/mol. The first kappa shape index (κ1) is 19.0. The van der Waals surface area contributed by atoms with Gasteiger partial charge in [-0.2, -0.15) is 5.10 Å². The van der Waals surface area contributed by atoms with Gasteiger partial charge in [0.25, 0.3) is 0 Å². The maximum atomic E-state index is 14.5. The lowest BCUT2D eigenvalue weighted by atomic mass is 9.90. The molecule has 2 aliphatic rings. The van der Waals surface area contributed by atoms with Gasteiger partial charge in [-0.15, -0.1) is 10.2 Å². The molecule has 1 atom stereocenters. The van der Waals surface area contributed by atoms with Crippen LogP contribution in [-0.2, 0) is 10.3 Å². The molecule has 0 unspecified atom stereocenters. The van der Waals surface area contributed by atoms with Gasteiger partial charge in [-0.05, 0) is 18.6 Å². The molecule has 0 amide bonds. The van der Waals surface area contributed by atoms with Crippen LogP contribution in [0.5, 0.6) is 0 Å².